The molecular weight excluding hydrogens is 178 g/mol. The van der Waals surface area contributed by atoms with Crippen molar-refractivity contribution in [2.24, 2.45) is 5.92 Å². The number of ether oxygens (including phenoxy) is 1. The first-order chi connectivity index (χ1) is 6.58. The van der Waals surface area contributed by atoms with Crippen molar-refractivity contribution in [2.45, 2.75) is 38.9 Å². The molecule has 84 valence electrons. The van der Waals surface area contributed by atoms with Gasteiger partial charge in [-0.15, -0.1) is 0 Å². The molecule has 1 fully saturated rings. The van der Waals surface area contributed by atoms with E-state index in [1.165, 1.54) is 13.0 Å². The minimum atomic E-state index is -0.283. The Kier molecular flexibility index (Phi) is 4.85. The van der Waals surface area contributed by atoms with Crippen molar-refractivity contribution in [2.75, 3.05) is 26.7 Å². The van der Waals surface area contributed by atoms with E-state index in [0.29, 0.717) is 12.5 Å². The predicted octanol–water partition coefficient (Wildman–Crippen LogP) is 1.11. The summed E-state index contributed by atoms with van der Waals surface area (Å²) < 4.78 is 5.38. The second-order valence-corrected chi connectivity index (χ2v) is 4.69. The second kappa shape index (κ2) is 5.69. The van der Waals surface area contributed by atoms with E-state index in [9.17, 15) is 5.11 Å². The summed E-state index contributed by atoms with van der Waals surface area (Å²) in [6.07, 6.45) is 2.04. The molecule has 1 unspecified atom stereocenters. The van der Waals surface area contributed by atoms with Crippen LogP contribution in [0.1, 0.15) is 26.7 Å². The van der Waals surface area contributed by atoms with E-state index >= 15 is 0 Å². The van der Waals surface area contributed by atoms with Gasteiger partial charge in [0.2, 0.25) is 0 Å². The lowest BCUT2D eigenvalue weighted by molar-refractivity contribution is -0.00308. The fourth-order valence-corrected chi connectivity index (χ4v) is 1.98. The van der Waals surface area contributed by atoms with Crippen LogP contribution in [0.3, 0.4) is 0 Å². The lowest BCUT2D eigenvalue weighted by Crippen LogP contribution is -2.23. The summed E-state index contributed by atoms with van der Waals surface area (Å²) in [7, 11) is 2.14. The zero-order chi connectivity index (χ0) is 10.6. The van der Waals surface area contributed by atoms with E-state index in [-0.39, 0.29) is 12.2 Å². The lowest BCUT2D eigenvalue weighted by atomic mass is 10.0. The number of likely N-dealkylation sites (tertiary alicyclic amines) is 1. The third-order valence-electron chi connectivity index (χ3n) is 2.72. The normalized spacial score (nSPS) is 25.9. The van der Waals surface area contributed by atoms with Gasteiger partial charge < -0.3 is 14.7 Å². The molecule has 2 atom stereocenters. The Balaban J connectivity index is 2.10. The Bertz CT molecular complexity index is 161. The van der Waals surface area contributed by atoms with Crippen LogP contribution in [0, 0.1) is 5.92 Å². The quantitative estimate of drug-likeness (QED) is 0.723. The van der Waals surface area contributed by atoms with Gasteiger partial charge in [0.1, 0.15) is 0 Å². The molecule has 0 radical (unpaired) electrons. The van der Waals surface area contributed by atoms with Crippen molar-refractivity contribution in [1.29, 1.82) is 0 Å². The molecule has 0 spiro atoms. The van der Waals surface area contributed by atoms with Gasteiger partial charge in [0.05, 0.1) is 18.8 Å². The average molecular weight is 201 g/mol. The Labute approximate surface area is 87.1 Å². The Morgan fingerprint density at radius 1 is 1.50 bits per heavy atom. The number of rotatable bonds is 5. The van der Waals surface area contributed by atoms with E-state index < -0.39 is 0 Å². The smallest absolute Gasteiger partial charge is 0.0776 e. The van der Waals surface area contributed by atoms with Crippen LogP contribution in [-0.2, 0) is 4.74 Å². The van der Waals surface area contributed by atoms with Gasteiger partial charge in [0.15, 0.2) is 0 Å². The highest BCUT2D eigenvalue weighted by molar-refractivity contribution is 4.75. The number of nitrogens with zero attached hydrogens (tertiary/aromatic N) is 1. The van der Waals surface area contributed by atoms with Crippen molar-refractivity contribution in [3.8, 4) is 0 Å². The Morgan fingerprint density at radius 2 is 2.21 bits per heavy atom. The van der Waals surface area contributed by atoms with Crippen LogP contribution < -0.4 is 0 Å². The van der Waals surface area contributed by atoms with Gasteiger partial charge in [0.25, 0.3) is 0 Å². The van der Waals surface area contributed by atoms with Crippen molar-refractivity contribution in [3.63, 3.8) is 0 Å². The van der Waals surface area contributed by atoms with Crippen LogP contribution in [-0.4, -0.2) is 49.0 Å². The molecule has 1 aliphatic rings. The van der Waals surface area contributed by atoms with Gasteiger partial charge in [-0.25, -0.2) is 0 Å². The van der Waals surface area contributed by atoms with Crippen LogP contribution in [0.5, 0.6) is 0 Å². The molecule has 1 N–H and O–H groups in total. The van der Waals surface area contributed by atoms with Gasteiger partial charge in [-0.1, -0.05) is 0 Å². The molecule has 0 aliphatic carbocycles. The van der Waals surface area contributed by atoms with E-state index in [1.54, 1.807) is 0 Å². The topological polar surface area (TPSA) is 32.7 Å². The zero-order valence-corrected chi connectivity index (χ0v) is 9.57. The summed E-state index contributed by atoms with van der Waals surface area (Å²) >= 11 is 0. The molecule has 0 aromatic rings. The fraction of sp³-hybridized carbons (Fsp3) is 1.00. The zero-order valence-electron chi connectivity index (χ0n) is 9.57. The van der Waals surface area contributed by atoms with Crippen molar-refractivity contribution < 1.29 is 9.84 Å². The first-order valence-electron chi connectivity index (χ1n) is 5.56. The maximum Gasteiger partial charge on any atom is 0.0776 e. The predicted molar refractivity (Wildman–Crippen MR) is 57.3 cm³/mol. The molecule has 14 heavy (non-hydrogen) atoms. The Hall–Kier alpha value is -0.120. The summed E-state index contributed by atoms with van der Waals surface area (Å²) in [6.45, 7) is 6.77. The molecule has 0 amide bonds. The van der Waals surface area contributed by atoms with Crippen LogP contribution in [0.4, 0.5) is 0 Å². The minimum absolute atomic E-state index is 0.218. The van der Waals surface area contributed by atoms with Crippen molar-refractivity contribution in [3.05, 3.63) is 0 Å². The number of aliphatic hydroxyl groups excluding tert-OH is 1. The molecular formula is C11H23NO2. The van der Waals surface area contributed by atoms with E-state index in [4.69, 9.17) is 4.74 Å². The molecule has 0 aromatic carbocycles. The summed E-state index contributed by atoms with van der Waals surface area (Å²) in [4.78, 5) is 2.32. The SMILES string of the molecule is CC(C)OC[C@@H](O)CC1CCN(C)C1. The highest BCUT2D eigenvalue weighted by Crippen LogP contribution is 2.19. The van der Waals surface area contributed by atoms with Gasteiger partial charge in [0, 0.05) is 6.54 Å². The van der Waals surface area contributed by atoms with Crippen LogP contribution >= 0.6 is 0 Å². The van der Waals surface area contributed by atoms with E-state index in [1.807, 2.05) is 13.8 Å². The first-order valence-corrected chi connectivity index (χ1v) is 5.56. The summed E-state index contributed by atoms with van der Waals surface area (Å²) in [5.74, 6) is 0.658. The molecule has 3 nitrogen and oxygen atoms in total. The average Bonchev–Trinajstić information content (AvgIpc) is 2.48. The fourth-order valence-electron chi connectivity index (χ4n) is 1.98. The summed E-state index contributed by atoms with van der Waals surface area (Å²) in [6, 6.07) is 0. The number of hydrogen-bond acceptors (Lipinski definition) is 3. The standard InChI is InChI=1S/C11H23NO2/c1-9(2)14-8-11(13)6-10-4-5-12(3)7-10/h9-11,13H,4-8H2,1-3H3/t10?,11-/m0/s1. The van der Waals surface area contributed by atoms with E-state index in [2.05, 4.69) is 11.9 Å². The summed E-state index contributed by atoms with van der Waals surface area (Å²) in [5.41, 5.74) is 0. The third-order valence-corrected chi connectivity index (χ3v) is 2.72. The molecule has 0 aromatic heterocycles. The lowest BCUT2D eigenvalue weighted by Gasteiger charge is -2.17. The monoisotopic (exact) mass is 201 g/mol. The Morgan fingerprint density at radius 3 is 2.71 bits per heavy atom. The van der Waals surface area contributed by atoms with Gasteiger partial charge in [-0.2, -0.15) is 0 Å². The molecule has 1 heterocycles. The first kappa shape index (κ1) is 12.0. The van der Waals surface area contributed by atoms with Gasteiger partial charge in [-0.3, -0.25) is 0 Å². The summed E-state index contributed by atoms with van der Waals surface area (Å²) in [5, 5.41) is 9.70. The van der Waals surface area contributed by atoms with Crippen molar-refractivity contribution >= 4 is 0 Å². The molecule has 0 saturated carbocycles. The van der Waals surface area contributed by atoms with Crippen LogP contribution in [0.15, 0.2) is 0 Å². The number of aliphatic hydroxyl groups is 1. The number of hydrogen-bond donors (Lipinski definition) is 1. The van der Waals surface area contributed by atoms with Crippen molar-refractivity contribution in [1.82, 2.24) is 4.90 Å². The highest BCUT2D eigenvalue weighted by Gasteiger charge is 2.22. The molecule has 1 saturated heterocycles. The molecule has 1 aliphatic heterocycles. The van der Waals surface area contributed by atoms with Crippen LogP contribution in [0.2, 0.25) is 0 Å². The minimum Gasteiger partial charge on any atom is -0.391 e. The molecule has 1 rings (SSSR count). The molecule has 3 heteroatoms. The van der Waals surface area contributed by atoms with Gasteiger partial charge >= 0.3 is 0 Å². The molecule has 0 bridgehead atoms. The van der Waals surface area contributed by atoms with Gasteiger partial charge in [-0.05, 0) is 46.2 Å². The largest absolute Gasteiger partial charge is 0.391 e. The maximum absolute atomic E-state index is 9.70. The highest BCUT2D eigenvalue weighted by atomic mass is 16.5. The van der Waals surface area contributed by atoms with Crippen LogP contribution in [0.25, 0.3) is 0 Å². The third kappa shape index (κ3) is 4.40. The second-order valence-electron chi connectivity index (χ2n) is 4.69. The maximum atomic E-state index is 9.70. The van der Waals surface area contributed by atoms with E-state index in [0.717, 1.165) is 13.0 Å².